The quantitative estimate of drug-likeness (QED) is 0.145. The first-order chi connectivity index (χ1) is 16.7. The van der Waals surface area contributed by atoms with Gasteiger partial charge in [0.05, 0.1) is 11.5 Å². The van der Waals surface area contributed by atoms with Gasteiger partial charge in [-0.3, -0.25) is 28.8 Å². The van der Waals surface area contributed by atoms with Crippen molar-refractivity contribution in [1.29, 1.82) is 0 Å². The van der Waals surface area contributed by atoms with E-state index >= 15 is 0 Å². The van der Waals surface area contributed by atoms with Gasteiger partial charge in [-0.15, -0.1) is 0 Å². The van der Waals surface area contributed by atoms with Gasteiger partial charge in [-0.2, -0.15) is 0 Å². The van der Waals surface area contributed by atoms with Gasteiger partial charge in [0.25, 0.3) is 11.2 Å². The number of anilines is 2. The van der Waals surface area contributed by atoms with Crippen molar-refractivity contribution in [2.75, 3.05) is 50.0 Å². The third-order valence-corrected chi connectivity index (χ3v) is 5.70. The van der Waals surface area contributed by atoms with Crippen LogP contribution in [-0.2, 0) is 14.1 Å². The van der Waals surface area contributed by atoms with Crippen molar-refractivity contribution < 1.29 is 14.8 Å². The molecule has 1 aromatic heterocycles. The number of Topliss-reactive ketones (excluding diaryl/α,β-unsaturated/α-hetero) is 1. The SMILES string of the molecule is CCC(=O)c1ccc(NCCCN(CCO)CCCNc2cc(=O)n(C)c(=O)n2C)c([N+](=O)[O-])c1. The molecular formula is C23H34N6O6. The molecule has 0 unspecified atom stereocenters. The van der Waals surface area contributed by atoms with Gasteiger partial charge < -0.3 is 20.6 Å². The molecule has 0 spiro atoms. The molecule has 2 aromatic rings. The third kappa shape index (κ3) is 7.76. The summed E-state index contributed by atoms with van der Waals surface area (Å²) in [5.74, 6) is 0.301. The maximum absolute atomic E-state index is 12.0. The van der Waals surface area contributed by atoms with Crippen molar-refractivity contribution in [3.05, 3.63) is 60.8 Å². The highest BCUT2D eigenvalue weighted by Gasteiger charge is 2.17. The van der Waals surface area contributed by atoms with E-state index in [0.29, 0.717) is 56.2 Å². The summed E-state index contributed by atoms with van der Waals surface area (Å²) in [6.45, 7) is 4.56. The number of nitro groups is 1. The van der Waals surface area contributed by atoms with Crippen LogP contribution in [0.1, 0.15) is 36.5 Å². The minimum absolute atomic E-state index is 0.00246. The van der Waals surface area contributed by atoms with E-state index in [9.17, 15) is 29.6 Å². The highest BCUT2D eigenvalue weighted by molar-refractivity contribution is 5.97. The molecule has 0 atom stereocenters. The smallest absolute Gasteiger partial charge is 0.332 e. The van der Waals surface area contributed by atoms with Crippen molar-refractivity contribution in [3.8, 4) is 0 Å². The Morgan fingerprint density at radius 1 is 1.06 bits per heavy atom. The Kier molecular flexibility index (Phi) is 10.6. The maximum Gasteiger partial charge on any atom is 0.332 e. The van der Waals surface area contributed by atoms with Gasteiger partial charge in [0.1, 0.15) is 11.5 Å². The lowest BCUT2D eigenvalue weighted by molar-refractivity contribution is -0.384. The standard InChI is InChI=1S/C23H34N6O6/c1-4-20(31)17-7-8-18(19(15-17)29(34)35)24-9-5-11-28(13-14-30)12-6-10-25-21-16-22(32)27(3)23(33)26(21)2/h7-8,15-16,24-25,30H,4-6,9-14H2,1-3H3. The predicted molar refractivity (Wildman–Crippen MR) is 134 cm³/mol. The molecule has 3 N–H and O–H groups in total. The monoisotopic (exact) mass is 490 g/mol. The van der Waals surface area contributed by atoms with Gasteiger partial charge >= 0.3 is 5.69 Å². The number of aliphatic hydroxyl groups excluding tert-OH is 1. The molecule has 0 aliphatic heterocycles. The second kappa shape index (κ2) is 13.4. The van der Waals surface area contributed by atoms with E-state index < -0.39 is 10.6 Å². The largest absolute Gasteiger partial charge is 0.395 e. The second-order valence-corrected chi connectivity index (χ2v) is 8.16. The Morgan fingerprint density at radius 2 is 1.71 bits per heavy atom. The number of hydrogen-bond donors (Lipinski definition) is 3. The minimum Gasteiger partial charge on any atom is -0.395 e. The fourth-order valence-corrected chi connectivity index (χ4v) is 3.63. The number of benzene rings is 1. The number of ketones is 1. The molecule has 0 aliphatic rings. The van der Waals surface area contributed by atoms with Crippen LogP contribution in [0.25, 0.3) is 0 Å². The summed E-state index contributed by atoms with van der Waals surface area (Å²) in [6.07, 6.45) is 1.68. The first-order valence-corrected chi connectivity index (χ1v) is 11.6. The summed E-state index contributed by atoms with van der Waals surface area (Å²) >= 11 is 0. The van der Waals surface area contributed by atoms with Gasteiger partial charge in [0.15, 0.2) is 5.78 Å². The van der Waals surface area contributed by atoms with E-state index in [2.05, 4.69) is 15.5 Å². The van der Waals surface area contributed by atoms with Crippen molar-refractivity contribution >= 4 is 23.0 Å². The predicted octanol–water partition coefficient (Wildman–Crippen LogP) is 1.18. The number of nitrogens with zero attached hydrogens (tertiary/aromatic N) is 4. The molecule has 0 saturated carbocycles. The van der Waals surface area contributed by atoms with Crippen LogP contribution < -0.4 is 21.9 Å². The molecule has 12 nitrogen and oxygen atoms in total. The molecule has 0 saturated heterocycles. The summed E-state index contributed by atoms with van der Waals surface area (Å²) in [6, 6.07) is 5.83. The molecule has 0 radical (unpaired) electrons. The maximum atomic E-state index is 12.0. The normalized spacial score (nSPS) is 11.0. The molecule has 1 heterocycles. The van der Waals surface area contributed by atoms with Crippen LogP contribution in [0.15, 0.2) is 33.9 Å². The minimum atomic E-state index is -0.502. The van der Waals surface area contributed by atoms with Gasteiger partial charge in [-0.25, -0.2) is 4.79 Å². The summed E-state index contributed by atoms with van der Waals surface area (Å²) in [4.78, 5) is 48.6. The highest BCUT2D eigenvalue weighted by Crippen LogP contribution is 2.26. The van der Waals surface area contributed by atoms with Crippen LogP contribution >= 0.6 is 0 Å². The van der Waals surface area contributed by atoms with Crippen LogP contribution in [-0.4, -0.2) is 69.2 Å². The van der Waals surface area contributed by atoms with E-state index in [-0.39, 0.29) is 30.1 Å². The lowest BCUT2D eigenvalue weighted by atomic mass is 10.1. The van der Waals surface area contributed by atoms with E-state index in [0.717, 1.165) is 11.0 Å². The van der Waals surface area contributed by atoms with Gasteiger partial charge in [0.2, 0.25) is 0 Å². The van der Waals surface area contributed by atoms with E-state index in [1.807, 2.05) is 0 Å². The lowest BCUT2D eigenvalue weighted by Crippen LogP contribution is -2.37. The molecule has 12 heteroatoms. The number of hydrogen-bond acceptors (Lipinski definition) is 9. The molecule has 2 rings (SSSR count). The van der Waals surface area contributed by atoms with Crippen molar-refractivity contribution in [2.45, 2.75) is 26.2 Å². The number of carbonyl (C=O) groups is 1. The molecule has 0 bridgehead atoms. The molecule has 0 aliphatic carbocycles. The molecular weight excluding hydrogens is 456 g/mol. The number of aromatic nitrogens is 2. The number of aliphatic hydroxyl groups is 1. The first kappa shape index (κ1) is 27.7. The Bertz CT molecular complexity index is 1140. The summed E-state index contributed by atoms with van der Waals surface area (Å²) in [7, 11) is 3.02. The lowest BCUT2D eigenvalue weighted by Gasteiger charge is -2.22. The molecule has 192 valence electrons. The van der Waals surface area contributed by atoms with Crippen molar-refractivity contribution in [3.63, 3.8) is 0 Å². The molecule has 0 fully saturated rings. The Morgan fingerprint density at radius 3 is 2.31 bits per heavy atom. The number of nitro benzene ring substituents is 1. The van der Waals surface area contributed by atoms with Crippen LogP contribution in [0.2, 0.25) is 0 Å². The van der Waals surface area contributed by atoms with Crippen LogP contribution in [0.3, 0.4) is 0 Å². The average Bonchev–Trinajstić information content (AvgIpc) is 2.85. The zero-order valence-corrected chi connectivity index (χ0v) is 20.5. The third-order valence-electron chi connectivity index (χ3n) is 5.70. The summed E-state index contributed by atoms with van der Waals surface area (Å²) < 4.78 is 2.42. The first-order valence-electron chi connectivity index (χ1n) is 11.6. The Labute approximate surface area is 203 Å². The Balaban J connectivity index is 1.84. The Hall–Kier alpha value is -3.51. The zero-order valence-electron chi connectivity index (χ0n) is 20.5. The molecule has 1 aromatic carbocycles. The number of rotatable bonds is 15. The van der Waals surface area contributed by atoms with E-state index in [1.54, 1.807) is 26.1 Å². The second-order valence-electron chi connectivity index (χ2n) is 8.16. The highest BCUT2D eigenvalue weighted by atomic mass is 16.6. The molecule has 0 amide bonds. The van der Waals surface area contributed by atoms with Gasteiger partial charge in [0, 0.05) is 57.8 Å². The van der Waals surface area contributed by atoms with Crippen molar-refractivity contribution in [1.82, 2.24) is 14.0 Å². The van der Waals surface area contributed by atoms with Crippen LogP contribution in [0.4, 0.5) is 17.2 Å². The van der Waals surface area contributed by atoms with E-state index in [4.69, 9.17) is 0 Å². The van der Waals surface area contributed by atoms with Crippen LogP contribution in [0.5, 0.6) is 0 Å². The number of carbonyl (C=O) groups excluding carboxylic acids is 1. The summed E-state index contributed by atoms with van der Waals surface area (Å²) in [5, 5.41) is 26.9. The van der Waals surface area contributed by atoms with Crippen LogP contribution in [0, 0.1) is 10.1 Å². The fraction of sp³-hybridized carbons (Fsp3) is 0.522. The van der Waals surface area contributed by atoms with Crippen molar-refractivity contribution in [2.24, 2.45) is 14.1 Å². The fourth-order valence-electron chi connectivity index (χ4n) is 3.63. The average molecular weight is 491 g/mol. The summed E-state index contributed by atoms with van der Waals surface area (Å²) in [5.41, 5.74) is -0.227. The van der Waals surface area contributed by atoms with Gasteiger partial charge in [-0.1, -0.05) is 6.92 Å². The zero-order chi connectivity index (χ0) is 26.0. The molecule has 35 heavy (non-hydrogen) atoms. The van der Waals surface area contributed by atoms with E-state index in [1.165, 1.54) is 23.7 Å². The number of nitrogens with one attached hydrogen (secondary N) is 2. The van der Waals surface area contributed by atoms with Gasteiger partial charge in [-0.05, 0) is 38.1 Å². The topological polar surface area (TPSA) is 152 Å².